The van der Waals surface area contributed by atoms with Crippen molar-refractivity contribution in [3.63, 3.8) is 0 Å². The summed E-state index contributed by atoms with van der Waals surface area (Å²) in [6.07, 6.45) is 0. The Morgan fingerprint density at radius 1 is 0.933 bits per heavy atom. The second-order valence-corrected chi connectivity index (χ2v) is 2.65. The molecule has 1 aromatic rings. The van der Waals surface area contributed by atoms with Crippen LogP contribution in [0.25, 0.3) is 0 Å². The molecule has 0 heterocycles. The monoisotopic (exact) mass is 222 g/mol. The van der Waals surface area contributed by atoms with Gasteiger partial charge in [0.15, 0.2) is 17.3 Å². The highest BCUT2D eigenvalue weighted by atomic mass is 19.2. The molecule has 0 fully saturated rings. The maximum absolute atomic E-state index is 13.4. The van der Waals surface area contributed by atoms with E-state index in [9.17, 15) is 13.2 Å². The second-order valence-electron chi connectivity index (χ2n) is 2.65. The van der Waals surface area contributed by atoms with Gasteiger partial charge in [0.05, 0.1) is 26.4 Å². The van der Waals surface area contributed by atoms with Gasteiger partial charge in [-0.05, 0) is 0 Å². The van der Waals surface area contributed by atoms with Crippen molar-refractivity contribution in [2.24, 2.45) is 0 Å². The van der Waals surface area contributed by atoms with Crippen LogP contribution in [0.4, 0.5) is 13.2 Å². The van der Waals surface area contributed by atoms with Gasteiger partial charge in [0.1, 0.15) is 0 Å². The average Bonchev–Trinajstić information content (AvgIpc) is 2.23. The second kappa shape index (κ2) is 4.39. The molecule has 0 amide bonds. The van der Waals surface area contributed by atoms with Crippen molar-refractivity contribution >= 4 is 0 Å². The lowest BCUT2D eigenvalue weighted by molar-refractivity contribution is 0.254. The minimum atomic E-state index is -1.49. The highest BCUT2D eigenvalue weighted by molar-refractivity contribution is 5.44. The molecule has 1 N–H and O–H groups in total. The summed E-state index contributed by atoms with van der Waals surface area (Å²) in [7, 11) is 2.08. The Morgan fingerprint density at radius 3 is 1.87 bits per heavy atom. The zero-order valence-corrected chi connectivity index (χ0v) is 8.10. The topological polar surface area (TPSA) is 38.7 Å². The van der Waals surface area contributed by atoms with Crippen LogP contribution in [-0.2, 0) is 6.61 Å². The van der Waals surface area contributed by atoms with E-state index >= 15 is 0 Å². The Balaban J connectivity index is 3.57. The van der Waals surface area contributed by atoms with Gasteiger partial charge in [-0.2, -0.15) is 8.78 Å². The molecule has 0 unspecified atom stereocenters. The number of hydrogen-bond acceptors (Lipinski definition) is 3. The van der Waals surface area contributed by atoms with Gasteiger partial charge in [0.2, 0.25) is 11.6 Å². The van der Waals surface area contributed by atoms with Crippen molar-refractivity contribution in [3.8, 4) is 11.5 Å². The summed E-state index contributed by atoms with van der Waals surface area (Å²) in [5.74, 6) is -5.48. The van der Waals surface area contributed by atoms with Gasteiger partial charge >= 0.3 is 0 Å². The van der Waals surface area contributed by atoms with E-state index in [2.05, 4.69) is 9.47 Å². The summed E-state index contributed by atoms with van der Waals surface area (Å²) in [5, 5.41) is 8.75. The SMILES string of the molecule is COc1c(F)c(F)c(CO)c(OC)c1F. The highest BCUT2D eigenvalue weighted by Crippen LogP contribution is 2.35. The number of aliphatic hydroxyl groups is 1. The van der Waals surface area contributed by atoms with Crippen LogP contribution in [0.15, 0.2) is 0 Å². The van der Waals surface area contributed by atoms with Gasteiger partial charge in [-0.25, -0.2) is 4.39 Å². The van der Waals surface area contributed by atoms with E-state index in [0.29, 0.717) is 0 Å². The first-order chi connectivity index (χ1) is 7.08. The largest absolute Gasteiger partial charge is 0.493 e. The van der Waals surface area contributed by atoms with E-state index in [0.717, 1.165) is 14.2 Å². The van der Waals surface area contributed by atoms with Crippen LogP contribution < -0.4 is 9.47 Å². The van der Waals surface area contributed by atoms with Crippen LogP contribution in [-0.4, -0.2) is 19.3 Å². The van der Waals surface area contributed by atoms with Gasteiger partial charge < -0.3 is 14.6 Å². The molecular formula is C9H9F3O3. The fourth-order valence-electron chi connectivity index (χ4n) is 1.20. The Labute approximate surface area is 84.0 Å². The third-order valence-electron chi connectivity index (χ3n) is 1.90. The van der Waals surface area contributed by atoms with Crippen molar-refractivity contribution in [2.75, 3.05) is 14.2 Å². The van der Waals surface area contributed by atoms with Crippen LogP contribution in [0.5, 0.6) is 11.5 Å². The standard InChI is InChI=1S/C9H9F3O3/c1-14-8-4(3-13)5(10)6(11)9(15-2)7(8)12/h13H,3H2,1-2H3. The normalized spacial score (nSPS) is 10.3. The molecule has 6 heteroatoms. The fraction of sp³-hybridized carbons (Fsp3) is 0.333. The maximum Gasteiger partial charge on any atom is 0.210 e. The molecule has 15 heavy (non-hydrogen) atoms. The summed E-state index contributed by atoms with van der Waals surface area (Å²) in [5.41, 5.74) is -0.576. The molecule has 0 spiro atoms. The molecule has 0 aliphatic rings. The lowest BCUT2D eigenvalue weighted by Crippen LogP contribution is -2.05. The lowest BCUT2D eigenvalue weighted by atomic mass is 10.1. The van der Waals surface area contributed by atoms with Crippen LogP contribution >= 0.6 is 0 Å². The Morgan fingerprint density at radius 2 is 1.47 bits per heavy atom. The van der Waals surface area contributed by atoms with Gasteiger partial charge in [0, 0.05) is 0 Å². The van der Waals surface area contributed by atoms with Crippen LogP contribution in [0.3, 0.4) is 0 Å². The number of aliphatic hydroxyl groups excluding tert-OH is 1. The van der Waals surface area contributed by atoms with Crippen LogP contribution in [0, 0.1) is 17.5 Å². The number of benzene rings is 1. The van der Waals surface area contributed by atoms with Gasteiger partial charge in [-0.15, -0.1) is 0 Å². The van der Waals surface area contributed by atoms with E-state index < -0.39 is 41.1 Å². The molecular weight excluding hydrogens is 213 g/mol. The molecule has 0 atom stereocenters. The van der Waals surface area contributed by atoms with Crippen LogP contribution in [0.2, 0.25) is 0 Å². The van der Waals surface area contributed by atoms with Gasteiger partial charge in [-0.3, -0.25) is 0 Å². The molecule has 0 aliphatic carbocycles. The predicted octanol–water partition coefficient (Wildman–Crippen LogP) is 1.61. The molecule has 0 aliphatic heterocycles. The first kappa shape index (κ1) is 11.6. The number of halogens is 3. The first-order valence-electron chi connectivity index (χ1n) is 3.96. The molecule has 0 radical (unpaired) electrons. The highest BCUT2D eigenvalue weighted by Gasteiger charge is 2.25. The van der Waals surface area contributed by atoms with Crippen LogP contribution in [0.1, 0.15) is 5.56 Å². The Hall–Kier alpha value is -1.43. The minimum Gasteiger partial charge on any atom is -0.493 e. The zero-order chi connectivity index (χ0) is 11.6. The molecule has 1 aromatic carbocycles. The smallest absolute Gasteiger partial charge is 0.210 e. The molecule has 1 rings (SSSR count). The average molecular weight is 222 g/mol. The lowest BCUT2D eigenvalue weighted by Gasteiger charge is -2.12. The Bertz CT molecular complexity index is 380. The van der Waals surface area contributed by atoms with Crippen molar-refractivity contribution in [1.29, 1.82) is 0 Å². The van der Waals surface area contributed by atoms with Gasteiger partial charge in [0.25, 0.3) is 0 Å². The summed E-state index contributed by atoms with van der Waals surface area (Å²) < 4.78 is 48.6. The van der Waals surface area contributed by atoms with Gasteiger partial charge in [-0.1, -0.05) is 0 Å². The van der Waals surface area contributed by atoms with Crippen molar-refractivity contribution in [2.45, 2.75) is 6.61 Å². The number of ether oxygens (including phenoxy) is 2. The maximum atomic E-state index is 13.4. The summed E-state index contributed by atoms with van der Waals surface area (Å²) in [6.45, 7) is -0.868. The third-order valence-corrected chi connectivity index (χ3v) is 1.90. The fourth-order valence-corrected chi connectivity index (χ4v) is 1.20. The molecule has 0 aromatic heterocycles. The van der Waals surface area contributed by atoms with Crippen molar-refractivity contribution in [1.82, 2.24) is 0 Å². The van der Waals surface area contributed by atoms with Crippen molar-refractivity contribution < 1.29 is 27.8 Å². The number of methoxy groups -OCH3 is 2. The quantitative estimate of drug-likeness (QED) is 0.789. The molecule has 84 valence electrons. The zero-order valence-electron chi connectivity index (χ0n) is 8.10. The summed E-state index contributed by atoms with van der Waals surface area (Å²) in [4.78, 5) is 0. The molecule has 0 saturated carbocycles. The first-order valence-corrected chi connectivity index (χ1v) is 3.96. The van der Waals surface area contributed by atoms with E-state index in [-0.39, 0.29) is 0 Å². The number of hydrogen-bond donors (Lipinski definition) is 1. The van der Waals surface area contributed by atoms with E-state index in [4.69, 9.17) is 5.11 Å². The predicted molar refractivity (Wildman–Crippen MR) is 45.3 cm³/mol. The van der Waals surface area contributed by atoms with E-state index in [1.54, 1.807) is 0 Å². The molecule has 0 saturated heterocycles. The van der Waals surface area contributed by atoms with Crippen molar-refractivity contribution in [3.05, 3.63) is 23.0 Å². The summed E-state index contributed by atoms with van der Waals surface area (Å²) >= 11 is 0. The minimum absolute atomic E-state index is 0.562. The summed E-state index contributed by atoms with van der Waals surface area (Å²) in [6, 6.07) is 0. The van der Waals surface area contributed by atoms with E-state index in [1.807, 2.05) is 0 Å². The molecule has 0 bridgehead atoms. The van der Waals surface area contributed by atoms with E-state index in [1.165, 1.54) is 0 Å². The Kier molecular flexibility index (Phi) is 3.41. The third kappa shape index (κ3) is 1.72. The molecule has 3 nitrogen and oxygen atoms in total. The number of rotatable bonds is 3.